The van der Waals surface area contributed by atoms with Gasteiger partial charge in [-0.05, 0) is 19.8 Å². The van der Waals surface area contributed by atoms with Gasteiger partial charge in [0.05, 0.1) is 16.9 Å². The third-order valence-corrected chi connectivity index (χ3v) is 3.88. The summed E-state index contributed by atoms with van der Waals surface area (Å²) in [6.07, 6.45) is 3.64. The Morgan fingerprint density at radius 1 is 1.35 bits per heavy atom. The van der Waals surface area contributed by atoms with Crippen LogP contribution in [0.5, 0.6) is 0 Å². The minimum absolute atomic E-state index is 0.0479. The molecule has 0 unspecified atom stereocenters. The van der Waals surface area contributed by atoms with Crippen LogP contribution in [0.3, 0.4) is 0 Å². The number of nitrogens with zero attached hydrogens (tertiary/aromatic N) is 2. The molecule has 0 bridgehead atoms. The standard InChI is InChI=1S/C12H12N4O3S/c1-6-9(20-5-13-6)10(17)15-16-11(18)12-14-8(4-19-12)7-2-3-7/h4-5,7H,2-3H2,1H3,(H,15,17)(H,16,18). The molecule has 7 nitrogen and oxygen atoms in total. The van der Waals surface area contributed by atoms with E-state index in [4.69, 9.17) is 4.42 Å². The molecule has 20 heavy (non-hydrogen) atoms. The summed E-state index contributed by atoms with van der Waals surface area (Å²) in [4.78, 5) is 32.1. The van der Waals surface area contributed by atoms with Crippen LogP contribution in [0.4, 0.5) is 0 Å². The van der Waals surface area contributed by atoms with Crippen LogP contribution < -0.4 is 10.9 Å². The predicted molar refractivity (Wildman–Crippen MR) is 70.3 cm³/mol. The molecule has 2 heterocycles. The smallest absolute Gasteiger partial charge is 0.325 e. The van der Waals surface area contributed by atoms with Crippen molar-refractivity contribution >= 4 is 23.2 Å². The zero-order valence-electron chi connectivity index (χ0n) is 10.7. The Bertz CT molecular complexity index is 659. The molecule has 0 aromatic carbocycles. The quantitative estimate of drug-likeness (QED) is 0.833. The minimum Gasteiger partial charge on any atom is -0.441 e. The highest BCUT2D eigenvalue weighted by molar-refractivity contribution is 7.11. The highest BCUT2D eigenvalue weighted by Crippen LogP contribution is 2.39. The molecule has 1 fully saturated rings. The van der Waals surface area contributed by atoms with Gasteiger partial charge in [0.2, 0.25) is 0 Å². The van der Waals surface area contributed by atoms with Gasteiger partial charge in [-0.2, -0.15) is 0 Å². The number of aryl methyl sites for hydroxylation is 1. The topological polar surface area (TPSA) is 97.1 Å². The lowest BCUT2D eigenvalue weighted by atomic mass is 10.3. The first-order valence-electron chi connectivity index (χ1n) is 6.11. The predicted octanol–water partition coefficient (Wildman–Crippen LogP) is 1.39. The van der Waals surface area contributed by atoms with Crippen LogP contribution in [0.15, 0.2) is 16.2 Å². The van der Waals surface area contributed by atoms with Crippen LogP contribution in [0.2, 0.25) is 0 Å². The maximum atomic E-state index is 11.8. The van der Waals surface area contributed by atoms with E-state index in [0.29, 0.717) is 16.5 Å². The number of nitrogens with one attached hydrogen (secondary N) is 2. The first kappa shape index (κ1) is 12.8. The Kier molecular flexibility index (Phi) is 3.23. The Hall–Kier alpha value is -2.22. The number of carbonyl (C=O) groups is 2. The molecular weight excluding hydrogens is 280 g/mol. The van der Waals surface area contributed by atoms with E-state index < -0.39 is 11.8 Å². The molecule has 2 aromatic rings. The Morgan fingerprint density at radius 2 is 2.10 bits per heavy atom. The number of carbonyl (C=O) groups excluding carboxylic acids is 2. The SMILES string of the molecule is Cc1ncsc1C(=O)NNC(=O)c1nc(C2CC2)co1. The summed E-state index contributed by atoms with van der Waals surface area (Å²) in [5, 5.41) is 0. The molecule has 1 saturated carbocycles. The molecule has 0 saturated heterocycles. The molecule has 0 aliphatic heterocycles. The molecular formula is C12H12N4O3S. The lowest BCUT2D eigenvalue weighted by Crippen LogP contribution is -2.41. The lowest BCUT2D eigenvalue weighted by Gasteiger charge is -2.03. The van der Waals surface area contributed by atoms with Gasteiger partial charge in [-0.1, -0.05) is 0 Å². The summed E-state index contributed by atoms with van der Waals surface area (Å²) < 4.78 is 5.09. The van der Waals surface area contributed by atoms with Crippen LogP contribution >= 0.6 is 11.3 Å². The number of aromatic nitrogens is 2. The fourth-order valence-electron chi connectivity index (χ4n) is 1.70. The fraction of sp³-hybridized carbons (Fsp3) is 0.333. The molecule has 1 aliphatic carbocycles. The average molecular weight is 292 g/mol. The summed E-state index contributed by atoms with van der Waals surface area (Å²) in [6, 6.07) is 0. The Morgan fingerprint density at radius 3 is 2.75 bits per heavy atom. The van der Waals surface area contributed by atoms with Crippen molar-refractivity contribution in [3.63, 3.8) is 0 Å². The van der Waals surface area contributed by atoms with Crippen molar-refractivity contribution < 1.29 is 14.0 Å². The maximum absolute atomic E-state index is 11.8. The van der Waals surface area contributed by atoms with Gasteiger partial charge in [-0.3, -0.25) is 20.4 Å². The Balaban J connectivity index is 1.58. The van der Waals surface area contributed by atoms with Crippen LogP contribution in [-0.4, -0.2) is 21.8 Å². The number of hydrogen-bond donors (Lipinski definition) is 2. The van der Waals surface area contributed by atoms with Crippen LogP contribution in [-0.2, 0) is 0 Å². The molecule has 3 rings (SSSR count). The van der Waals surface area contributed by atoms with Gasteiger partial charge >= 0.3 is 5.91 Å². The number of rotatable bonds is 3. The van der Waals surface area contributed by atoms with E-state index in [2.05, 4.69) is 20.8 Å². The minimum atomic E-state index is -0.576. The van der Waals surface area contributed by atoms with E-state index in [-0.39, 0.29) is 5.89 Å². The van der Waals surface area contributed by atoms with E-state index in [9.17, 15) is 9.59 Å². The number of hydrazine groups is 1. The molecule has 2 amide bonds. The molecule has 2 aromatic heterocycles. The number of hydrogen-bond acceptors (Lipinski definition) is 6. The van der Waals surface area contributed by atoms with Crippen LogP contribution in [0.1, 0.15) is 50.5 Å². The summed E-state index contributed by atoms with van der Waals surface area (Å²) in [5.41, 5.74) is 7.56. The van der Waals surface area contributed by atoms with Crippen molar-refractivity contribution in [1.82, 2.24) is 20.8 Å². The highest BCUT2D eigenvalue weighted by atomic mass is 32.1. The molecule has 0 radical (unpaired) electrons. The molecule has 0 spiro atoms. The third kappa shape index (κ3) is 2.55. The average Bonchev–Trinajstić information content (AvgIpc) is 3.00. The summed E-state index contributed by atoms with van der Waals surface area (Å²) in [6.45, 7) is 1.73. The van der Waals surface area contributed by atoms with E-state index in [0.717, 1.165) is 18.5 Å². The molecule has 8 heteroatoms. The monoisotopic (exact) mass is 292 g/mol. The van der Waals surface area contributed by atoms with Crippen molar-refractivity contribution in [2.45, 2.75) is 25.7 Å². The van der Waals surface area contributed by atoms with Gasteiger partial charge < -0.3 is 4.42 Å². The van der Waals surface area contributed by atoms with Gasteiger partial charge in [0.1, 0.15) is 11.1 Å². The first-order valence-corrected chi connectivity index (χ1v) is 6.99. The normalized spacial score (nSPS) is 14.1. The second-order valence-corrected chi connectivity index (χ2v) is 5.38. The second-order valence-electron chi connectivity index (χ2n) is 4.53. The van der Waals surface area contributed by atoms with Crippen molar-refractivity contribution in [2.75, 3.05) is 0 Å². The van der Waals surface area contributed by atoms with E-state index >= 15 is 0 Å². The van der Waals surface area contributed by atoms with Crippen molar-refractivity contribution in [3.05, 3.63) is 33.9 Å². The maximum Gasteiger partial charge on any atom is 0.325 e. The summed E-state index contributed by atoms with van der Waals surface area (Å²) in [5.74, 6) is -0.622. The van der Waals surface area contributed by atoms with Gasteiger partial charge in [0.15, 0.2) is 0 Å². The van der Waals surface area contributed by atoms with Gasteiger partial charge in [-0.15, -0.1) is 11.3 Å². The number of amides is 2. The van der Waals surface area contributed by atoms with E-state index in [1.165, 1.54) is 17.6 Å². The van der Waals surface area contributed by atoms with Crippen molar-refractivity contribution in [3.8, 4) is 0 Å². The van der Waals surface area contributed by atoms with Gasteiger partial charge in [0.25, 0.3) is 11.8 Å². The molecule has 104 valence electrons. The zero-order valence-corrected chi connectivity index (χ0v) is 11.5. The van der Waals surface area contributed by atoms with E-state index in [1.54, 1.807) is 12.4 Å². The summed E-state index contributed by atoms with van der Waals surface area (Å²) in [7, 11) is 0. The molecule has 2 N–H and O–H groups in total. The molecule has 0 atom stereocenters. The van der Waals surface area contributed by atoms with Crippen molar-refractivity contribution in [1.29, 1.82) is 0 Å². The lowest BCUT2D eigenvalue weighted by molar-refractivity contribution is 0.0828. The first-order chi connectivity index (χ1) is 9.65. The third-order valence-electron chi connectivity index (χ3n) is 2.95. The van der Waals surface area contributed by atoms with Crippen molar-refractivity contribution in [2.24, 2.45) is 0 Å². The second kappa shape index (κ2) is 5.04. The Labute approximate surface area is 118 Å². The van der Waals surface area contributed by atoms with Crippen LogP contribution in [0, 0.1) is 6.92 Å². The van der Waals surface area contributed by atoms with Crippen LogP contribution in [0.25, 0.3) is 0 Å². The zero-order chi connectivity index (χ0) is 14.1. The number of thiazole rings is 1. The van der Waals surface area contributed by atoms with Gasteiger partial charge in [-0.25, -0.2) is 9.97 Å². The summed E-state index contributed by atoms with van der Waals surface area (Å²) >= 11 is 1.21. The van der Waals surface area contributed by atoms with E-state index in [1.807, 2.05) is 0 Å². The largest absolute Gasteiger partial charge is 0.441 e. The fourth-order valence-corrected chi connectivity index (χ4v) is 2.40. The van der Waals surface area contributed by atoms with Gasteiger partial charge in [0, 0.05) is 5.92 Å². The highest BCUT2D eigenvalue weighted by Gasteiger charge is 2.28. The molecule has 1 aliphatic rings. The number of oxazole rings is 1.